The number of hydrogen-bond donors (Lipinski definition) is 0. The van der Waals surface area contributed by atoms with Crippen molar-refractivity contribution in [3.63, 3.8) is 0 Å². The Hall–Kier alpha value is -3.91. The predicted molar refractivity (Wildman–Crippen MR) is 120 cm³/mol. The number of carbonyl (C=O) groups is 2. The van der Waals surface area contributed by atoms with Gasteiger partial charge in [-0.2, -0.15) is 5.10 Å². The molecule has 0 saturated carbocycles. The molecule has 1 aliphatic heterocycles. The lowest BCUT2D eigenvalue weighted by Gasteiger charge is -2.19. The second-order valence-electron chi connectivity index (χ2n) is 7.46. The highest BCUT2D eigenvalue weighted by Gasteiger charge is 2.35. The van der Waals surface area contributed by atoms with E-state index < -0.39 is 24.5 Å². The van der Waals surface area contributed by atoms with Crippen LogP contribution in [0.4, 0.5) is 0 Å². The normalized spacial score (nSPS) is 15.3. The fraction of sp³-hybridized carbons (Fsp3) is 0.240. The van der Waals surface area contributed by atoms with Crippen LogP contribution in [-0.4, -0.2) is 43.4 Å². The quantitative estimate of drug-likeness (QED) is 0.485. The number of amides is 1. The van der Waals surface area contributed by atoms with Crippen LogP contribution in [0.3, 0.4) is 0 Å². The number of esters is 1. The Morgan fingerprint density at radius 2 is 1.91 bits per heavy atom. The van der Waals surface area contributed by atoms with Gasteiger partial charge in [0.25, 0.3) is 5.91 Å². The molecule has 0 aliphatic carbocycles. The van der Waals surface area contributed by atoms with Crippen LogP contribution in [0.1, 0.15) is 39.7 Å². The van der Waals surface area contributed by atoms with Gasteiger partial charge in [0.15, 0.2) is 6.61 Å². The van der Waals surface area contributed by atoms with Gasteiger partial charge in [-0.1, -0.05) is 12.1 Å². The number of hydrazone groups is 1. The van der Waals surface area contributed by atoms with E-state index in [4.69, 9.17) is 18.6 Å². The highest BCUT2D eigenvalue weighted by Crippen LogP contribution is 2.33. The van der Waals surface area contributed by atoms with Crippen molar-refractivity contribution in [3.8, 4) is 5.75 Å². The first-order valence-corrected chi connectivity index (χ1v) is 10.4. The van der Waals surface area contributed by atoms with Crippen molar-refractivity contribution < 1.29 is 28.2 Å². The summed E-state index contributed by atoms with van der Waals surface area (Å²) < 4.78 is 21.1. The minimum atomic E-state index is -0.589. The van der Waals surface area contributed by atoms with Crippen molar-refractivity contribution in [2.24, 2.45) is 5.10 Å². The number of carbonyl (C=O) groups excluding carboxylic acids is 2. The number of hydrogen-bond acceptors (Lipinski definition) is 7. The standard InChI is InChI=1S/C25H24N2O6/c1-30-15-17-5-3-6-19(13-17)25(29)33-16-24(28)27-22(23-7-4-12-32-23)14-21(26-27)18-8-10-20(31-2)11-9-18/h3-13,22H,14-16H2,1-2H3. The van der Waals surface area contributed by atoms with Gasteiger partial charge < -0.3 is 18.6 Å². The molecule has 8 heteroatoms. The van der Waals surface area contributed by atoms with E-state index in [0.717, 1.165) is 22.6 Å². The number of benzene rings is 2. The summed E-state index contributed by atoms with van der Waals surface area (Å²) in [6.07, 6.45) is 2.02. The van der Waals surface area contributed by atoms with Gasteiger partial charge in [-0.25, -0.2) is 9.80 Å². The van der Waals surface area contributed by atoms with Gasteiger partial charge in [0.2, 0.25) is 0 Å². The Balaban J connectivity index is 1.49. The summed E-state index contributed by atoms with van der Waals surface area (Å²) in [6, 6.07) is 17.5. The third-order valence-corrected chi connectivity index (χ3v) is 5.26. The molecule has 8 nitrogen and oxygen atoms in total. The molecule has 0 radical (unpaired) electrons. The van der Waals surface area contributed by atoms with Crippen LogP contribution in [0, 0.1) is 0 Å². The van der Waals surface area contributed by atoms with E-state index in [-0.39, 0.29) is 0 Å². The smallest absolute Gasteiger partial charge is 0.338 e. The first-order chi connectivity index (χ1) is 16.1. The summed E-state index contributed by atoms with van der Waals surface area (Å²) in [4.78, 5) is 25.5. The highest BCUT2D eigenvalue weighted by molar-refractivity contribution is 6.03. The molecule has 0 saturated heterocycles. The number of ether oxygens (including phenoxy) is 3. The molecule has 0 fully saturated rings. The predicted octanol–water partition coefficient (Wildman–Crippen LogP) is 3.97. The van der Waals surface area contributed by atoms with E-state index in [1.54, 1.807) is 50.8 Å². The van der Waals surface area contributed by atoms with Gasteiger partial charge in [0.1, 0.15) is 17.6 Å². The van der Waals surface area contributed by atoms with E-state index in [1.807, 2.05) is 30.3 Å². The molecular weight excluding hydrogens is 424 g/mol. The van der Waals surface area contributed by atoms with Gasteiger partial charge in [-0.3, -0.25) is 4.79 Å². The van der Waals surface area contributed by atoms with Gasteiger partial charge >= 0.3 is 5.97 Å². The van der Waals surface area contributed by atoms with Crippen LogP contribution in [0.15, 0.2) is 76.4 Å². The van der Waals surface area contributed by atoms with Crippen molar-refractivity contribution in [1.29, 1.82) is 0 Å². The van der Waals surface area contributed by atoms with E-state index in [9.17, 15) is 9.59 Å². The molecule has 1 amide bonds. The third-order valence-electron chi connectivity index (χ3n) is 5.26. The first kappa shape index (κ1) is 22.3. The molecule has 2 heterocycles. The van der Waals surface area contributed by atoms with Gasteiger partial charge in [-0.05, 0) is 59.7 Å². The highest BCUT2D eigenvalue weighted by atomic mass is 16.5. The van der Waals surface area contributed by atoms with Crippen LogP contribution in [0.25, 0.3) is 0 Å². The maximum absolute atomic E-state index is 13.0. The molecule has 0 N–H and O–H groups in total. The second-order valence-corrected chi connectivity index (χ2v) is 7.46. The van der Waals surface area contributed by atoms with Crippen molar-refractivity contribution in [2.75, 3.05) is 20.8 Å². The Morgan fingerprint density at radius 3 is 2.61 bits per heavy atom. The zero-order valence-corrected chi connectivity index (χ0v) is 18.4. The molecule has 170 valence electrons. The van der Waals surface area contributed by atoms with E-state index in [2.05, 4.69) is 5.10 Å². The Morgan fingerprint density at radius 1 is 1.09 bits per heavy atom. The summed E-state index contributed by atoms with van der Waals surface area (Å²) in [5.74, 6) is 0.305. The topological polar surface area (TPSA) is 90.6 Å². The lowest BCUT2D eigenvalue weighted by atomic mass is 10.0. The van der Waals surface area contributed by atoms with Gasteiger partial charge in [0.05, 0.1) is 31.3 Å². The SMILES string of the molecule is COCc1cccc(C(=O)OCC(=O)N2N=C(c3ccc(OC)cc3)CC2c2ccco2)c1. The molecule has 3 aromatic rings. The third kappa shape index (κ3) is 5.12. The van der Waals surface area contributed by atoms with Gasteiger partial charge in [0, 0.05) is 13.5 Å². The second kappa shape index (κ2) is 10.1. The van der Waals surface area contributed by atoms with Crippen LogP contribution in [-0.2, 0) is 20.9 Å². The summed E-state index contributed by atoms with van der Waals surface area (Å²) in [7, 11) is 3.18. The van der Waals surface area contributed by atoms with Crippen LogP contribution in [0.2, 0.25) is 0 Å². The first-order valence-electron chi connectivity index (χ1n) is 10.4. The molecule has 1 aromatic heterocycles. The fourth-order valence-corrected chi connectivity index (χ4v) is 3.63. The van der Waals surface area contributed by atoms with E-state index in [1.165, 1.54) is 5.01 Å². The Bertz CT molecular complexity index is 1140. The average molecular weight is 448 g/mol. The minimum absolute atomic E-state index is 0.351. The zero-order chi connectivity index (χ0) is 23.2. The van der Waals surface area contributed by atoms with Crippen LogP contribution in [0.5, 0.6) is 5.75 Å². The fourth-order valence-electron chi connectivity index (χ4n) is 3.63. The van der Waals surface area contributed by atoms with Crippen molar-refractivity contribution in [3.05, 3.63) is 89.4 Å². The average Bonchev–Trinajstić information content (AvgIpc) is 3.53. The van der Waals surface area contributed by atoms with Gasteiger partial charge in [-0.15, -0.1) is 0 Å². The van der Waals surface area contributed by atoms with Crippen molar-refractivity contribution >= 4 is 17.6 Å². The Labute approximate surface area is 191 Å². The molecular formula is C25H24N2O6. The molecule has 1 aliphatic rings. The number of rotatable bonds is 8. The molecule has 1 unspecified atom stereocenters. The minimum Gasteiger partial charge on any atom is -0.497 e. The largest absolute Gasteiger partial charge is 0.497 e. The maximum Gasteiger partial charge on any atom is 0.338 e. The number of nitrogens with zero attached hydrogens (tertiary/aromatic N) is 2. The molecule has 33 heavy (non-hydrogen) atoms. The Kier molecular flexibility index (Phi) is 6.85. The molecule has 2 aromatic carbocycles. The summed E-state index contributed by atoms with van der Waals surface area (Å²) in [5, 5.41) is 5.86. The van der Waals surface area contributed by atoms with Crippen molar-refractivity contribution in [2.45, 2.75) is 19.1 Å². The molecule has 0 spiro atoms. The van der Waals surface area contributed by atoms with Crippen LogP contribution >= 0.6 is 0 Å². The number of methoxy groups -OCH3 is 2. The summed E-state index contributed by atoms with van der Waals surface area (Å²) >= 11 is 0. The zero-order valence-electron chi connectivity index (χ0n) is 18.4. The molecule has 1 atom stereocenters. The number of furan rings is 1. The lowest BCUT2D eigenvalue weighted by molar-refractivity contribution is -0.136. The van der Waals surface area contributed by atoms with E-state index >= 15 is 0 Å². The lowest BCUT2D eigenvalue weighted by Crippen LogP contribution is -2.31. The molecule has 0 bridgehead atoms. The summed E-state index contributed by atoms with van der Waals surface area (Å²) in [5.41, 5.74) is 2.79. The summed E-state index contributed by atoms with van der Waals surface area (Å²) in [6.45, 7) is -0.0640. The maximum atomic E-state index is 13.0. The van der Waals surface area contributed by atoms with Crippen LogP contribution < -0.4 is 4.74 Å². The van der Waals surface area contributed by atoms with Crippen molar-refractivity contribution in [1.82, 2.24) is 5.01 Å². The monoisotopic (exact) mass is 448 g/mol. The molecule has 4 rings (SSSR count). The van der Waals surface area contributed by atoms with E-state index in [0.29, 0.717) is 24.4 Å².